The Hall–Kier alpha value is -1.01. The van der Waals surface area contributed by atoms with Gasteiger partial charge in [-0.15, -0.1) is 21.5 Å². The van der Waals surface area contributed by atoms with Crippen molar-refractivity contribution in [1.29, 1.82) is 0 Å². The van der Waals surface area contributed by atoms with Gasteiger partial charge in [-0.1, -0.05) is 0 Å². The molecule has 2 heterocycles. The highest BCUT2D eigenvalue weighted by atomic mass is 79.9. The highest BCUT2D eigenvalue weighted by Gasteiger charge is 2.04. The SMILES string of the molecule is Nc1cnc(-c2cc(Br)cs2)nn1. The first-order valence-corrected chi connectivity index (χ1v) is 5.12. The van der Waals surface area contributed by atoms with Gasteiger partial charge in [0.1, 0.15) is 0 Å². The maximum atomic E-state index is 5.37. The van der Waals surface area contributed by atoms with E-state index in [0.29, 0.717) is 11.6 Å². The van der Waals surface area contributed by atoms with Crippen LogP contribution in [0.1, 0.15) is 0 Å². The Morgan fingerprint density at radius 1 is 1.38 bits per heavy atom. The molecule has 0 bridgehead atoms. The summed E-state index contributed by atoms with van der Waals surface area (Å²) in [5, 5.41) is 9.55. The van der Waals surface area contributed by atoms with Crippen molar-refractivity contribution in [3.63, 3.8) is 0 Å². The molecule has 6 heteroatoms. The molecule has 0 spiro atoms. The summed E-state index contributed by atoms with van der Waals surface area (Å²) in [6.45, 7) is 0. The maximum Gasteiger partial charge on any atom is 0.192 e. The topological polar surface area (TPSA) is 64.7 Å². The fourth-order valence-electron chi connectivity index (χ4n) is 0.827. The highest BCUT2D eigenvalue weighted by molar-refractivity contribution is 9.10. The van der Waals surface area contributed by atoms with E-state index in [4.69, 9.17) is 5.73 Å². The summed E-state index contributed by atoms with van der Waals surface area (Å²) in [5.74, 6) is 0.935. The van der Waals surface area contributed by atoms with Crippen molar-refractivity contribution in [3.8, 4) is 10.7 Å². The van der Waals surface area contributed by atoms with Crippen LogP contribution in [0.2, 0.25) is 0 Å². The van der Waals surface area contributed by atoms with Crippen molar-refractivity contribution in [3.05, 3.63) is 22.1 Å². The second-order valence-electron chi connectivity index (χ2n) is 2.34. The molecule has 13 heavy (non-hydrogen) atoms. The Balaban J connectivity index is 2.41. The largest absolute Gasteiger partial charge is 0.381 e. The van der Waals surface area contributed by atoms with Gasteiger partial charge in [0.2, 0.25) is 0 Å². The lowest BCUT2D eigenvalue weighted by molar-refractivity contribution is 0.995. The van der Waals surface area contributed by atoms with Gasteiger partial charge in [0.15, 0.2) is 11.6 Å². The molecule has 0 saturated heterocycles. The Kier molecular flexibility index (Phi) is 2.24. The number of hydrogen-bond donors (Lipinski definition) is 1. The number of halogens is 1. The molecule has 0 aromatic carbocycles. The highest BCUT2D eigenvalue weighted by Crippen LogP contribution is 2.26. The van der Waals surface area contributed by atoms with Crippen molar-refractivity contribution in [2.45, 2.75) is 0 Å². The minimum atomic E-state index is 0.333. The minimum absolute atomic E-state index is 0.333. The van der Waals surface area contributed by atoms with E-state index in [2.05, 4.69) is 31.1 Å². The average molecular weight is 257 g/mol. The van der Waals surface area contributed by atoms with Gasteiger partial charge in [-0.25, -0.2) is 4.98 Å². The molecule has 2 rings (SSSR count). The Morgan fingerprint density at radius 3 is 2.77 bits per heavy atom. The number of anilines is 1. The number of nitrogen functional groups attached to an aromatic ring is 1. The summed E-state index contributed by atoms with van der Waals surface area (Å²) in [4.78, 5) is 5.02. The van der Waals surface area contributed by atoms with Crippen LogP contribution in [-0.2, 0) is 0 Å². The van der Waals surface area contributed by atoms with Gasteiger partial charge in [0.05, 0.1) is 11.1 Å². The van der Waals surface area contributed by atoms with Gasteiger partial charge >= 0.3 is 0 Å². The third kappa shape index (κ3) is 1.84. The Morgan fingerprint density at radius 2 is 2.23 bits per heavy atom. The van der Waals surface area contributed by atoms with Gasteiger partial charge in [-0.05, 0) is 22.0 Å². The van der Waals surface area contributed by atoms with Crippen LogP contribution >= 0.6 is 27.3 Å². The summed E-state index contributed by atoms with van der Waals surface area (Å²) < 4.78 is 1.02. The normalized spacial score (nSPS) is 10.2. The van der Waals surface area contributed by atoms with Crippen molar-refractivity contribution in [2.24, 2.45) is 0 Å². The van der Waals surface area contributed by atoms with Crippen LogP contribution in [0.25, 0.3) is 10.7 Å². The molecule has 0 unspecified atom stereocenters. The van der Waals surface area contributed by atoms with E-state index in [0.717, 1.165) is 9.35 Å². The monoisotopic (exact) mass is 256 g/mol. The Bertz CT molecular complexity index is 411. The average Bonchev–Trinajstić information content (AvgIpc) is 2.53. The fourth-order valence-corrected chi connectivity index (χ4v) is 2.19. The summed E-state index contributed by atoms with van der Waals surface area (Å²) in [7, 11) is 0. The zero-order chi connectivity index (χ0) is 9.26. The molecule has 0 fully saturated rings. The quantitative estimate of drug-likeness (QED) is 0.847. The number of nitrogens with zero attached hydrogens (tertiary/aromatic N) is 3. The van der Waals surface area contributed by atoms with Crippen molar-refractivity contribution in [1.82, 2.24) is 15.2 Å². The number of rotatable bonds is 1. The summed E-state index contributed by atoms with van der Waals surface area (Å²) in [5.41, 5.74) is 5.37. The van der Waals surface area contributed by atoms with E-state index < -0.39 is 0 Å². The molecule has 0 amide bonds. The first-order chi connectivity index (χ1) is 6.25. The first-order valence-electron chi connectivity index (χ1n) is 3.45. The van der Waals surface area contributed by atoms with Crippen LogP contribution in [0, 0.1) is 0 Å². The van der Waals surface area contributed by atoms with Gasteiger partial charge in [0.25, 0.3) is 0 Å². The van der Waals surface area contributed by atoms with Gasteiger partial charge < -0.3 is 5.73 Å². The first kappa shape index (κ1) is 8.58. The van der Waals surface area contributed by atoms with Crippen LogP contribution in [-0.4, -0.2) is 15.2 Å². The number of nitrogens with two attached hydrogens (primary N) is 1. The lowest BCUT2D eigenvalue weighted by Gasteiger charge is -1.93. The third-order valence-corrected chi connectivity index (χ3v) is 3.05. The van der Waals surface area contributed by atoms with Crippen molar-refractivity contribution >= 4 is 33.1 Å². The lowest BCUT2D eigenvalue weighted by atomic mass is 10.4. The van der Waals surface area contributed by atoms with E-state index in [-0.39, 0.29) is 0 Å². The molecule has 66 valence electrons. The fraction of sp³-hybridized carbons (Fsp3) is 0. The molecular formula is C7H5BrN4S. The minimum Gasteiger partial charge on any atom is -0.381 e. The smallest absolute Gasteiger partial charge is 0.192 e. The number of hydrogen-bond acceptors (Lipinski definition) is 5. The second-order valence-corrected chi connectivity index (χ2v) is 4.16. The molecule has 0 aliphatic heterocycles. The van der Waals surface area contributed by atoms with Crippen LogP contribution < -0.4 is 5.73 Å². The summed E-state index contributed by atoms with van der Waals surface area (Å²) in [6, 6.07) is 1.94. The van der Waals surface area contributed by atoms with Gasteiger partial charge in [0, 0.05) is 9.85 Å². The van der Waals surface area contributed by atoms with E-state index in [1.54, 1.807) is 11.3 Å². The van der Waals surface area contributed by atoms with E-state index >= 15 is 0 Å². The molecule has 0 aliphatic carbocycles. The zero-order valence-corrected chi connectivity index (χ0v) is 8.84. The predicted molar refractivity (Wildman–Crippen MR) is 55.3 cm³/mol. The lowest BCUT2D eigenvalue weighted by Crippen LogP contribution is -1.95. The van der Waals surface area contributed by atoms with Gasteiger partial charge in [-0.3, -0.25) is 0 Å². The van der Waals surface area contributed by atoms with Crippen LogP contribution in [0.15, 0.2) is 22.1 Å². The van der Waals surface area contributed by atoms with Crippen molar-refractivity contribution in [2.75, 3.05) is 5.73 Å². The van der Waals surface area contributed by atoms with Crippen LogP contribution in [0.4, 0.5) is 5.82 Å². The number of thiophene rings is 1. The molecule has 0 radical (unpaired) electrons. The maximum absolute atomic E-state index is 5.37. The standard InChI is InChI=1S/C7H5BrN4S/c8-4-1-5(13-3-4)7-10-2-6(9)11-12-7/h1-3H,(H2,9,11). The van der Waals surface area contributed by atoms with Crippen molar-refractivity contribution < 1.29 is 0 Å². The molecular weight excluding hydrogens is 252 g/mol. The van der Waals surface area contributed by atoms with E-state index in [1.165, 1.54) is 6.20 Å². The second kappa shape index (κ2) is 3.39. The van der Waals surface area contributed by atoms with E-state index in [9.17, 15) is 0 Å². The predicted octanol–water partition coefficient (Wildman–Crippen LogP) is 1.94. The number of aromatic nitrogens is 3. The van der Waals surface area contributed by atoms with Crippen LogP contribution in [0.3, 0.4) is 0 Å². The molecule has 0 saturated carbocycles. The molecule has 0 aliphatic rings. The summed E-state index contributed by atoms with van der Waals surface area (Å²) in [6.07, 6.45) is 1.50. The zero-order valence-electron chi connectivity index (χ0n) is 6.44. The Labute approximate surface area is 87.0 Å². The summed E-state index contributed by atoms with van der Waals surface area (Å²) >= 11 is 4.91. The van der Waals surface area contributed by atoms with Crippen LogP contribution in [0.5, 0.6) is 0 Å². The van der Waals surface area contributed by atoms with Gasteiger partial charge in [-0.2, -0.15) is 0 Å². The molecule has 2 N–H and O–H groups in total. The molecule has 2 aromatic heterocycles. The molecule has 0 atom stereocenters. The molecule has 2 aromatic rings. The molecule has 4 nitrogen and oxygen atoms in total. The van der Waals surface area contributed by atoms with E-state index in [1.807, 2.05) is 11.4 Å². The third-order valence-electron chi connectivity index (χ3n) is 1.37.